The minimum Gasteiger partial charge on any atom is -0.389 e. The molecule has 1 aliphatic rings. The van der Waals surface area contributed by atoms with Gasteiger partial charge in [0.1, 0.15) is 4.99 Å². The van der Waals surface area contributed by atoms with Crippen molar-refractivity contribution >= 4 is 22.9 Å². The summed E-state index contributed by atoms with van der Waals surface area (Å²) in [6.07, 6.45) is 3.53. The van der Waals surface area contributed by atoms with Crippen LogP contribution in [0.4, 0.5) is 5.69 Å². The molecule has 1 saturated heterocycles. The van der Waals surface area contributed by atoms with Crippen LogP contribution in [0.1, 0.15) is 19.4 Å². The lowest BCUT2D eigenvalue weighted by Crippen LogP contribution is -2.48. The van der Waals surface area contributed by atoms with Crippen molar-refractivity contribution in [3.63, 3.8) is 0 Å². The molecule has 2 rings (SSSR count). The first-order valence-electron chi connectivity index (χ1n) is 5.62. The van der Waals surface area contributed by atoms with Gasteiger partial charge in [-0.05, 0) is 19.9 Å². The van der Waals surface area contributed by atoms with Gasteiger partial charge in [0, 0.05) is 24.8 Å². The van der Waals surface area contributed by atoms with E-state index in [1.54, 1.807) is 6.20 Å². The Labute approximate surface area is 107 Å². The normalized spacial score (nSPS) is 19.1. The topological polar surface area (TPSA) is 51.4 Å². The number of nitrogens with two attached hydrogens (primary N) is 1. The van der Waals surface area contributed by atoms with Crippen LogP contribution in [0.15, 0.2) is 18.5 Å². The number of hydrogen-bond donors (Lipinski definition) is 1. The largest absolute Gasteiger partial charge is 0.389 e. The van der Waals surface area contributed by atoms with Crippen LogP contribution in [0.3, 0.4) is 0 Å². The Morgan fingerprint density at radius 1 is 1.59 bits per heavy atom. The monoisotopic (exact) mass is 251 g/mol. The van der Waals surface area contributed by atoms with E-state index < -0.39 is 0 Å². The molecule has 2 N–H and O–H groups in total. The molecule has 0 atom stereocenters. The van der Waals surface area contributed by atoms with Crippen molar-refractivity contribution in [2.75, 3.05) is 24.6 Å². The Morgan fingerprint density at radius 3 is 3.00 bits per heavy atom. The predicted molar refractivity (Wildman–Crippen MR) is 72.4 cm³/mol. The molecular formula is C12H17N3OS. The van der Waals surface area contributed by atoms with Crippen molar-refractivity contribution in [1.29, 1.82) is 0 Å². The minimum atomic E-state index is -0.151. The van der Waals surface area contributed by atoms with Gasteiger partial charge in [-0.25, -0.2) is 0 Å². The van der Waals surface area contributed by atoms with E-state index in [0.29, 0.717) is 11.6 Å². The SMILES string of the molecule is CC1(C)CN(c2cnccc2C(N)=S)CCO1. The highest BCUT2D eigenvalue weighted by Crippen LogP contribution is 2.25. The molecular weight excluding hydrogens is 234 g/mol. The van der Waals surface area contributed by atoms with Crippen molar-refractivity contribution < 1.29 is 4.74 Å². The van der Waals surface area contributed by atoms with Gasteiger partial charge in [-0.3, -0.25) is 4.98 Å². The molecule has 2 heterocycles. The third kappa shape index (κ3) is 2.73. The standard InChI is InChI=1S/C12H17N3OS/c1-12(2)8-15(5-6-16-12)10-7-14-4-3-9(10)11(13)17/h3-4,7H,5-6,8H2,1-2H3,(H2,13,17). The number of anilines is 1. The number of aromatic nitrogens is 1. The van der Waals surface area contributed by atoms with Crippen molar-refractivity contribution in [1.82, 2.24) is 4.98 Å². The quantitative estimate of drug-likeness (QED) is 0.804. The van der Waals surface area contributed by atoms with Crippen LogP contribution < -0.4 is 10.6 Å². The average molecular weight is 251 g/mol. The molecule has 0 unspecified atom stereocenters. The third-order valence-electron chi connectivity index (χ3n) is 2.83. The number of nitrogens with zero attached hydrogens (tertiary/aromatic N) is 2. The molecule has 0 radical (unpaired) electrons. The second-order valence-corrected chi connectivity index (χ2v) is 5.23. The zero-order chi connectivity index (χ0) is 12.5. The maximum absolute atomic E-state index is 5.73. The summed E-state index contributed by atoms with van der Waals surface area (Å²) in [7, 11) is 0. The van der Waals surface area contributed by atoms with Crippen molar-refractivity contribution in [2.24, 2.45) is 5.73 Å². The summed E-state index contributed by atoms with van der Waals surface area (Å²) in [4.78, 5) is 6.79. The summed E-state index contributed by atoms with van der Waals surface area (Å²) in [6.45, 7) is 6.52. The van der Waals surface area contributed by atoms with Gasteiger partial charge < -0.3 is 15.4 Å². The maximum Gasteiger partial charge on any atom is 0.106 e. The zero-order valence-electron chi connectivity index (χ0n) is 10.1. The van der Waals surface area contributed by atoms with Gasteiger partial charge in [-0.15, -0.1) is 0 Å². The van der Waals surface area contributed by atoms with Crippen LogP contribution in [-0.4, -0.2) is 35.3 Å². The molecule has 4 nitrogen and oxygen atoms in total. The molecule has 0 amide bonds. The molecule has 0 aliphatic carbocycles. The van der Waals surface area contributed by atoms with Crippen LogP contribution in [0.25, 0.3) is 0 Å². The van der Waals surface area contributed by atoms with Gasteiger partial charge >= 0.3 is 0 Å². The highest BCUT2D eigenvalue weighted by molar-refractivity contribution is 7.80. The van der Waals surface area contributed by atoms with E-state index in [2.05, 4.69) is 23.7 Å². The van der Waals surface area contributed by atoms with Gasteiger partial charge in [0.25, 0.3) is 0 Å². The van der Waals surface area contributed by atoms with Crippen molar-refractivity contribution in [3.8, 4) is 0 Å². The summed E-state index contributed by atoms with van der Waals surface area (Å²) < 4.78 is 5.69. The van der Waals surface area contributed by atoms with E-state index >= 15 is 0 Å². The van der Waals surface area contributed by atoms with E-state index in [1.165, 1.54) is 0 Å². The number of pyridine rings is 1. The number of ether oxygens (including phenoxy) is 1. The van der Waals surface area contributed by atoms with Gasteiger partial charge in [-0.1, -0.05) is 12.2 Å². The second-order valence-electron chi connectivity index (χ2n) is 4.79. The Morgan fingerprint density at radius 2 is 2.35 bits per heavy atom. The highest BCUT2D eigenvalue weighted by Gasteiger charge is 2.28. The summed E-state index contributed by atoms with van der Waals surface area (Å²) in [5, 5.41) is 0. The molecule has 1 aromatic rings. The van der Waals surface area contributed by atoms with Gasteiger partial charge in [-0.2, -0.15) is 0 Å². The van der Waals surface area contributed by atoms with Crippen LogP contribution in [0.5, 0.6) is 0 Å². The lowest BCUT2D eigenvalue weighted by molar-refractivity contribution is -0.0277. The van der Waals surface area contributed by atoms with E-state index in [9.17, 15) is 0 Å². The minimum absolute atomic E-state index is 0.151. The average Bonchev–Trinajstić information content (AvgIpc) is 2.27. The summed E-state index contributed by atoms with van der Waals surface area (Å²) in [5.74, 6) is 0. The van der Waals surface area contributed by atoms with E-state index in [4.69, 9.17) is 22.7 Å². The van der Waals surface area contributed by atoms with E-state index in [0.717, 1.165) is 24.3 Å². The Bertz CT molecular complexity index is 434. The molecule has 1 fully saturated rings. The van der Waals surface area contributed by atoms with Gasteiger partial charge in [0.2, 0.25) is 0 Å². The summed E-state index contributed by atoms with van der Waals surface area (Å²) in [6, 6.07) is 1.86. The molecule has 5 heteroatoms. The smallest absolute Gasteiger partial charge is 0.106 e. The van der Waals surface area contributed by atoms with Gasteiger partial charge in [0.05, 0.1) is 24.1 Å². The molecule has 0 spiro atoms. The Balaban J connectivity index is 2.30. The lowest BCUT2D eigenvalue weighted by Gasteiger charge is -2.39. The first kappa shape index (κ1) is 12.3. The number of rotatable bonds is 2. The van der Waals surface area contributed by atoms with Crippen LogP contribution in [0.2, 0.25) is 0 Å². The van der Waals surface area contributed by atoms with Gasteiger partial charge in [0.15, 0.2) is 0 Å². The molecule has 0 aromatic carbocycles. The van der Waals surface area contributed by atoms with Crippen molar-refractivity contribution in [3.05, 3.63) is 24.0 Å². The molecule has 92 valence electrons. The zero-order valence-corrected chi connectivity index (χ0v) is 11.0. The fourth-order valence-electron chi connectivity index (χ4n) is 2.07. The van der Waals surface area contributed by atoms with Crippen LogP contribution in [0, 0.1) is 0 Å². The number of thiocarbonyl (C=S) groups is 1. The molecule has 0 bridgehead atoms. The fraction of sp³-hybridized carbons (Fsp3) is 0.500. The molecule has 1 aromatic heterocycles. The first-order valence-corrected chi connectivity index (χ1v) is 6.03. The fourth-order valence-corrected chi connectivity index (χ4v) is 2.24. The summed E-state index contributed by atoms with van der Waals surface area (Å²) >= 11 is 5.07. The maximum atomic E-state index is 5.73. The summed E-state index contributed by atoms with van der Waals surface area (Å²) in [5.41, 5.74) is 7.46. The van der Waals surface area contributed by atoms with Crippen LogP contribution >= 0.6 is 12.2 Å². The van der Waals surface area contributed by atoms with E-state index in [1.807, 2.05) is 12.3 Å². The molecule has 0 saturated carbocycles. The highest BCUT2D eigenvalue weighted by atomic mass is 32.1. The van der Waals surface area contributed by atoms with Crippen LogP contribution in [-0.2, 0) is 4.74 Å². The molecule has 17 heavy (non-hydrogen) atoms. The second kappa shape index (κ2) is 4.58. The number of morpholine rings is 1. The Hall–Kier alpha value is -1.20. The third-order valence-corrected chi connectivity index (χ3v) is 3.05. The number of hydrogen-bond acceptors (Lipinski definition) is 4. The molecule has 1 aliphatic heterocycles. The van der Waals surface area contributed by atoms with Crippen molar-refractivity contribution in [2.45, 2.75) is 19.4 Å². The predicted octanol–water partition coefficient (Wildman–Crippen LogP) is 1.33. The Kier molecular flexibility index (Phi) is 3.31. The first-order chi connectivity index (χ1) is 7.99. The lowest BCUT2D eigenvalue weighted by atomic mass is 10.1. The van der Waals surface area contributed by atoms with E-state index in [-0.39, 0.29) is 5.60 Å².